The molecule has 0 spiro atoms. The molecule has 1 atom stereocenters. The topological polar surface area (TPSA) is 58.6 Å². The van der Waals surface area contributed by atoms with Crippen molar-refractivity contribution in [1.29, 1.82) is 0 Å². The summed E-state index contributed by atoms with van der Waals surface area (Å²) in [4.78, 5) is 25.0. The minimum atomic E-state index is -0.410. The Kier molecular flexibility index (Phi) is 3.74. The molecule has 2 amide bonds. The molecule has 1 aromatic rings. The van der Waals surface area contributed by atoms with Crippen LogP contribution in [0.4, 0.5) is 10.5 Å². The fourth-order valence-corrected chi connectivity index (χ4v) is 2.35. The van der Waals surface area contributed by atoms with E-state index in [2.05, 4.69) is 10.1 Å². The first-order valence-electron chi connectivity index (χ1n) is 6.27. The Morgan fingerprint density at radius 3 is 2.74 bits per heavy atom. The first-order valence-corrected chi connectivity index (χ1v) is 6.27. The van der Waals surface area contributed by atoms with E-state index in [0.717, 1.165) is 5.69 Å². The molecule has 0 aliphatic carbocycles. The van der Waals surface area contributed by atoms with E-state index < -0.39 is 5.54 Å². The first-order chi connectivity index (χ1) is 9.07. The van der Waals surface area contributed by atoms with Crippen molar-refractivity contribution in [3.05, 3.63) is 30.3 Å². The number of hydrogen-bond donors (Lipinski definition) is 1. The predicted molar refractivity (Wildman–Crippen MR) is 72.0 cm³/mol. The van der Waals surface area contributed by atoms with E-state index in [4.69, 9.17) is 0 Å². The van der Waals surface area contributed by atoms with Gasteiger partial charge in [-0.05, 0) is 25.5 Å². The van der Waals surface area contributed by atoms with Gasteiger partial charge in [0.2, 0.25) is 0 Å². The summed E-state index contributed by atoms with van der Waals surface area (Å²) in [5.41, 5.74) is 0.428. The number of carbonyl (C=O) groups excluding carboxylic acids is 2. The Labute approximate surface area is 112 Å². The molecular formula is C14H18N2O3. The number of rotatable bonds is 4. The standard InChI is InChI=1S/C14H18N2O3/c1-14(9-8-12(17)19-2)10-15-13(18)16(14)11-6-4-3-5-7-11/h3-7H,8-10H2,1-2H3,(H,15,18). The maximum Gasteiger partial charge on any atom is 0.322 e. The molecule has 102 valence electrons. The number of nitrogens with one attached hydrogen (secondary N) is 1. The van der Waals surface area contributed by atoms with Gasteiger partial charge < -0.3 is 10.1 Å². The quantitative estimate of drug-likeness (QED) is 0.843. The van der Waals surface area contributed by atoms with Gasteiger partial charge in [0, 0.05) is 18.7 Å². The van der Waals surface area contributed by atoms with Crippen molar-refractivity contribution in [2.45, 2.75) is 25.3 Å². The molecule has 1 aliphatic heterocycles. The average Bonchev–Trinajstić information content (AvgIpc) is 2.73. The molecule has 5 heteroatoms. The molecule has 2 rings (SSSR count). The van der Waals surface area contributed by atoms with Crippen molar-refractivity contribution < 1.29 is 14.3 Å². The average molecular weight is 262 g/mol. The second-order valence-corrected chi connectivity index (χ2v) is 4.90. The summed E-state index contributed by atoms with van der Waals surface area (Å²) in [7, 11) is 1.37. The highest BCUT2D eigenvalue weighted by molar-refractivity contribution is 5.96. The summed E-state index contributed by atoms with van der Waals surface area (Å²) in [6.07, 6.45) is 0.860. The van der Waals surface area contributed by atoms with Crippen LogP contribution in [-0.2, 0) is 9.53 Å². The summed E-state index contributed by atoms with van der Waals surface area (Å²) >= 11 is 0. The molecule has 5 nitrogen and oxygen atoms in total. The number of esters is 1. The van der Waals surface area contributed by atoms with Gasteiger partial charge in [0.1, 0.15) is 0 Å². The highest BCUT2D eigenvalue weighted by Crippen LogP contribution is 2.31. The first kappa shape index (κ1) is 13.4. The fraction of sp³-hybridized carbons (Fsp3) is 0.429. The number of urea groups is 1. The van der Waals surface area contributed by atoms with Gasteiger partial charge >= 0.3 is 12.0 Å². The van der Waals surface area contributed by atoms with Crippen LogP contribution in [0.3, 0.4) is 0 Å². The minimum absolute atomic E-state index is 0.126. The highest BCUT2D eigenvalue weighted by atomic mass is 16.5. The second-order valence-electron chi connectivity index (χ2n) is 4.90. The number of ether oxygens (including phenoxy) is 1. The lowest BCUT2D eigenvalue weighted by atomic mass is 9.94. The zero-order valence-electron chi connectivity index (χ0n) is 11.2. The van der Waals surface area contributed by atoms with Crippen LogP contribution in [0.15, 0.2) is 30.3 Å². The van der Waals surface area contributed by atoms with Crippen LogP contribution >= 0.6 is 0 Å². The van der Waals surface area contributed by atoms with Crippen LogP contribution in [0.1, 0.15) is 19.8 Å². The van der Waals surface area contributed by atoms with E-state index in [1.54, 1.807) is 4.90 Å². The molecule has 0 aromatic heterocycles. The van der Waals surface area contributed by atoms with Crippen LogP contribution in [0, 0.1) is 0 Å². The second kappa shape index (κ2) is 5.30. The molecule has 1 heterocycles. The Balaban J connectivity index is 2.19. The van der Waals surface area contributed by atoms with Crippen LogP contribution in [0.5, 0.6) is 0 Å². The van der Waals surface area contributed by atoms with E-state index in [-0.39, 0.29) is 12.0 Å². The number of carbonyl (C=O) groups is 2. The van der Waals surface area contributed by atoms with Crippen LogP contribution < -0.4 is 10.2 Å². The smallest absolute Gasteiger partial charge is 0.322 e. The van der Waals surface area contributed by atoms with Gasteiger partial charge in [-0.15, -0.1) is 0 Å². The summed E-state index contributed by atoms with van der Waals surface area (Å²) < 4.78 is 4.66. The fourth-order valence-electron chi connectivity index (χ4n) is 2.35. The van der Waals surface area contributed by atoms with Gasteiger partial charge in [0.15, 0.2) is 0 Å². The molecule has 1 fully saturated rings. The van der Waals surface area contributed by atoms with E-state index >= 15 is 0 Å². The van der Waals surface area contributed by atoms with Crippen molar-refractivity contribution in [3.63, 3.8) is 0 Å². The van der Waals surface area contributed by atoms with E-state index in [1.165, 1.54) is 7.11 Å². The number of para-hydroxylation sites is 1. The lowest BCUT2D eigenvalue weighted by molar-refractivity contribution is -0.140. The summed E-state index contributed by atoms with van der Waals surface area (Å²) in [5.74, 6) is -0.256. The SMILES string of the molecule is COC(=O)CCC1(C)CNC(=O)N1c1ccccc1. The van der Waals surface area contributed by atoms with Crippen molar-refractivity contribution in [1.82, 2.24) is 5.32 Å². The third kappa shape index (κ3) is 2.70. The summed E-state index contributed by atoms with van der Waals surface area (Å²) in [6.45, 7) is 2.50. The number of nitrogens with zero attached hydrogens (tertiary/aromatic N) is 1. The highest BCUT2D eigenvalue weighted by Gasteiger charge is 2.42. The molecule has 1 N–H and O–H groups in total. The number of amides is 2. The van der Waals surface area contributed by atoms with Crippen molar-refractivity contribution in [3.8, 4) is 0 Å². The zero-order valence-corrected chi connectivity index (χ0v) is 11.2. The van der Waals surface area contributed by atoms with E-state index in [9.17, 15) is 9.59 Å². The van der Waals surface area contributed by atoms with E-state index in [0.29, 0.717) is 19.4 Å². The Hall–Kier alpha value is -2.04. The predicted octanol–water partition coefficient (Wildman–Crippen LogP) is 1.93. The number of hydrogen-bond acceptors (Lipinski definition) is 3. The van der Waals surface area contributed by atoms with Gasteiger partial charge in [0.25, 0.3) is 0 Å². The maximum atomic E-state index is 12.0. The van der Waals surface area contributed by atoms with Gasteiger partial charge in [-0.25, -0.2) is 4.79 Å². The maximum absolute atomic E-state index is 12.0. The Bertz CT molecular complexity index is 475. The molecule has 0 radical (unpaired) electrons. The largest absolute Gasteiger partial charge is 0.469 e. The minimum Gasteiger partial charge on any atom is -0.469 e. The van der Waals surface area contributed by atoms with Crippen molar-refractivity contribution in [2.24, 2.45) is 0 Å². The Morgan fingerprint density at radius 2 is 2.11 bits per heavy atom. The van der Waals surface area contributed by atoms with Gasteiger partial charge in [-0.1, -0.05) is 18.2 Å². The number of anilines is 1. The summed E-state index contributed by atoms with van der Waals surface area (Å²) in [5, 5.41) is 2.84. The van der Waals surface area contributed by atoms with Crippen molar-refractivity contribution >= 4 is 17.7 Å². The lowest BCUT2D eigenvalue weighted by Gasteiger charge is -2.33. The van der Waals surface area contributed by atoms with E-state index in [1.807, 2.05) is 37.3 Å². The van der Waals surface area contributed by atoms with Crippen LogP contribution in [0.25, 0.3) is 0 Å². The lowest BCUT2D eigenvalue weighted by Crippen LogP contribution is -2.45. The normalized spacial score (nSPS) is 22.2. The monoisotopic (exact) mass is 262 g/mol. The van der Waals surface area contributed by atoms with Crippen LogP contribution in [0.2, 0.25) is 0 Å². The number of benzene rings is 1. The molecule has 1 aromatic carbocycles. The van der Waals surface area contributed by atoms with Gasteiger partial charge in [0.05, 0.1) is 12.6 Å². The molecule has 1 aliphatic rings. The zero-order chi connectivity index (χ0) is 13.9. The van der Waals surface area contributed by atoms with Gasteiger partial charge in [-0.3, -0.25) is 9.69 Å². The molecule has 19 heavy (non-hydrogen) atoms. The van der Waals surface area contributed by atoms with Crippen LogP contribution in [-0.4, -0.2) is 31.2 Å². The molecular weight excluding hydrogens is 244 g/mol. The van der Waals surface area contributed by atoms with Gasteiger partial charge in [-0.2, -0.15) is 0 Å². The molecule has 1 saturated heterocycles. The van der Waals surface area contributed by atoms with Crippen molar-refractivity contribution in [2.75, 3.05) is 18.6 Å². The number of methoxy groups -OCH3 is 1. The molecule has 1 unspecified atom stereocenters. The Morgan fingerprint density at radius 1 is 1.42 bits per heavy atom. The molecule has 0 bridgehead atoms. The molecule has 0 saturated carbocycles. The third-order valence-electron chi connectivity index (χ3n) is 3.47. The summed E-state index contributed by atoms with van der Waals surface area (Å²) in [6, 6.07) is 9.34. The third-order valence-corrected chi connectivity index (χ3v) is 3.47.